The molecule has 2 rings (SSSR count). The molecular weight excluding hydrogens is 286 g/mol. The van der Waals surface area contributed by atoms with Crippen molar-refractivity contribution in [2.24, 2.45) is 0 Å². The van der Waals surface area contributed by atoms with Crippen molar-refractivity contribution in [3.05, 3.63) is 30.3 Å². The highest BCUT2D eigenvalue weighted by Crippen LogP contribution is 2.22. The third kappa shape index (κ3) is 4.49. The molecule has 1 saturated heterocycles. The highest BCUT2D eigenvalue weighted by Gasteiger charge is 2.32. The summed E-state index contributed by atoms with van der Waals surface area (Å²) in [4.78, 5) is 26.9. The maximum atomic E-state index is 12.3. The van der Waals surface area contributed by atoms with Crippen LogP contribution in [0.3, 0.4) is 0 Å². The number of methoxy groups -OCH3 is 1. The Labute approximate surface area is 129 Å². The van der Waals surface area contributed by atoms with Crippen molar-refractivity contribution in [3.63, 3.8) is 0 Å². The quantitative estimate of drug-likeness (QED) is 0.620. The minimum absolute atomic E-state index is 0.0496. The lowest BCUT2D eigenvalue weighted by Crippen LogP contribution is -2.48. The standard InChI is InChI=1S/C16H21NO3S/c1-20-16(19)14-9-5-6-11-17(14)15(18)10-12-21-13-7-3-2-4-8-13/h2-4,7-8,14H,5-6,9-12H2,1H3. The number of carbonyl (C=O) groups excluding carboxylic acids is 2. The van der Waals surface area contributed by atoms with Crippen molar-refractivity contribution in [1.82, 2.24) is 4.90 Å². The first-order valence-electron chi connectivity index (χ1n) is 7.27. The van der Waals surface area contributed by atoms with Gasteiger partial charge in [-0.05, 0) is 31.4 Å². The van der Waals surface area contributed by atoms with Crippen LogP contribution in [0.25, 0.3) is 0 Å². The van der Waals surface area contributed by atoms with Crippen molar-refractivity contribution < 1.29 is 14.3 Å². The number of carbonyl (C=O) groups is 2. The third-order valence-corrected chi connectivity index (χ3v) is 4.64. The Morgan fingerprint density at radius 3 is 2.76 bits per heavy atom. The van der Waals surface area contributed by atoms with Gasteiger partial charge in [0.2, 0.25) is 5.91 Å². The van der Waals surface area contributed by atoms with Crippen LogP contribution in [-0.2, 0) is 14.3 Å². The molecule has 1 aromatic rings. The largest absolute Gasteiger partial charge is 0.467 e. The molecule has 4 nitrogen and oxygen atoms in total. The molecule has 21 heavy (non-hydrogen) atoms. The normalized spacial score (nSPS) is 18.3. The van der Waals surface area contributed by atoms with Crippen LogP contribution in [0.4, 0.5) is 0 Å². The summed E-state index contributed by atoms with van der Waals surface area (Å²) in [6.45, 7) is 0.661. The molecule has 1 fully saturated rings. The Kier molecular flexibility index (Phi) is 6.11. The fourth-order valence-corrected chi connectivity index (χ4v) is 3.39. The van der Waals surface area contributed by atoms with Gasteiger partial charge in [-0.1, -0.05) is 18.2 Å². The number of hydrogen-bond donors (Lipinski definition) is 0. The molecule has 1 amide bonds. The minimum atomic E-state index is -0.391. The molecule has 0 N–H and O–H groups in total. The van der Waals surface area contributed by atoms with Crippen LogP contribution in [0.5, 0.6) is 0 Å². The third-order valence-electron chi connectivity index (χ3n) is 3.62. The summed E-state index contributed by atoms with van der Waals surface area (Å²) in [5.74, 6) is 0.486. The van der Waals surface area contributed by atoms with E-state index in [9.17, 15) is 9.59 Å². The lowest BCUT2D eigenvalue weighted by atomic mass is 10.0. The predicted molar refractivity (Wildman–Crippen MR) is 83.2 cm³/mol. The lowest BCUT2D eigenvalue weighted by Gasteiger charge is -2.33. The zero-order chi connectivity index (χ0) is 15.1. The maximum absolute atomic E-state index is 12.3. The van der Waals surface area contributed by atoms with Crippen LogP contribution in [0.1, 0.15) is 25.7 Å². The average Bonchev–Trinajstić information content (AvgIpc) is 2.55. The first kappa shape index (κ1) is 15.9. The second-order valence-electron chi connectivity index (χ2n) is 5.03. The maximum Gasteiger partial charge on any atom is 0.328 e. The van der Waals surface area contributed by atoms with Gasteiger partial charge in [-0.25, -0.2) is 4.79 Å². The zero-order valence-electron chi connectivity index (χ0n) is 12.3. The first-order valence-corrected chi connectivity index (χ1v) is 8.26. The number of nitrogens with zero attached hydrogens (tertiary/aromatic N) is 1. The van der Waals surface area contributed by atoms with E-state index in [0.29, 0.717) is 19.4 Å². The van der Waals surface area contributed by atoms with Crippen LogP contribution in [0.15, 0.2) is 35.2 Å². The second-order valence-corrected chi connectivity index (χ2v) is 6.20. The van der Waals surface area contributed by atoms with Crippen LogP contribution in [0.2, 0.25) is 0 Å². The lowest BCUT2D eigenvalue weighted by molar-refractivity contribution is -0.154. The van der Waals surface area contributed by atoms with Gasteiger partial charge >= 0.3 is 5.97 Å². The Morgan fingerprint density at radius 2 is 2.05 bits per heavy atom. The summed E-state index contributed by atoms with van der Waals surface area (Å²) in [6, 6.07) is 9.63. The number of rotatable bonds is 5. The molecule has 1 heterocycles. The summed E-state index contributed by atoms with van der Waals surface area (Å²) in [6.07, 6.45) is 3.10. The van der Waals surface area contributed by atoms with E-state index >= 15 is 0 Å². The predicted octanol–water partition coefficient (Wildman–Crippen LogP) is 2.72. The summed E-state index contributed by atoms with van der Waals surface area (Å²) >= 11 is 1.66. The summed E-state index contributed by atoms with van der Waals surface area (Å²) in [5.41, 5.74) is 0. The number of thioether (sulfide) groups is 1. The van der Waals surface area contributed by atoms with Gasteiger partial charge in [-0.2, -0.15) is 0 Å². The van der Waals surface area contributed by atoms with Crippen LogP contribution < -0.4 is 0 Å². The van der Waals surface area contributed by atoms with Crippen molar-refractivity contribution in [2.45, 2.75) is 36.6 Å². The summed E-state index contributed by atoms with van der Waals surface area (Å²) < 4.78 is 4.81. The molecule has 1 aliphatic rings. The zero-order valence-corrected chi connectivity index (χ0v) is 13.1. The van der Waals surface area contributed by atoms with Crippen molar-refractivity contribution in [2.75, 3.05) is 19.4 Å². The fraction of sp³-hybridized carbons (Fsp3) is 0.500. The average molecular weight is 307 g/mol. The number of likely N-dealkylation sites (tertiary alicyclic amines) is 1. The van der Waals surface area contributed by atoms with Gasteiger partial charge in [-0.15, -0.1) is 11.8 Å². The molecule has 1 aliphatic heterocycles. The van der Waals surface area contributed by atoms with Gasteiger partial charge in [0, 0.05) is 23.6 Å². The molecule has 0 bridgehead atoms. The molecule has 0 radical (unpaired) electrons. The Bertz CT molecular complexity index is 478. The van der Waals surface area contributed by atoms with Gasteiger partial charge in [0.15, 0.2) is 0 Å². The van der Waals surface area contributed by atoms with E-state index in [1.54, 1.807) is 16.7 Å². The van der Waals surface area contributed by atoms with Gasteiger partial charge in [0.25, 0.3) is 0 Å². The van der Waals surface area contributed by atoms with Gasteiger partial charge in [0.05, 0.1) is 7.11 Å². The van der Waals surface area contributed by atoms with Crippen LogP contribution in [0, 0.1) is 0 Å². The van der Waals surface area contributed by atoms with E-state index in [1.807, 2.05) is 30.3 Å². The first-order chi connectivity index (χ1) is 10.2. The van der Waals surface area contributed by atoms with Crippen molar-refractivity contribution >= 4 is 23.6 Å². The highest BCUT2D eigenvalue weighted by atomic mass is 32.2. The van der Waals surface area contributed by atoms with Crippen molar-refractivity contribution in [1.29, 1.82) is 0 Å². The highest BCUT2D eigenvalue weighted by molar-refractivity contribution is 7.99. The number of benzene rings is 1. The van der Waals surface area contributed by atoms with E-state index in [0.717, 1.165) is 23.5 Å². The van der Waals surface area contributed by atoms with E-state index in [4.69, 9.17) is 4.74 Å². The van der Waals surface area contributed by atoms with Crippen LogP contribution >= 0.6 is 11.8 Å². The molecular formula is C16H21NO3S. The number of piperidine rings is 1. The van der Waals surface area contributed by atoms with E-state index in [-0.39, 0.29) is 11.9 Å². The molecule has 5 heteroatoms. The number of amides is 1. The molecule has 1 unspecified atom stereocenters. The minimum Gasteiger partial charge on any atom is -0.467 e. The summed E-state index contributed by atoms with van der Waals surface area (Å²) in [5, 5.41) is 0. The smallest absolute Gasteiger partial charge is 0.328 e. The molecule has 0 aromatic heterocycles. The number of hydrogen-bond acceptors (Lipinski definition) is 4. The topological polar surface area (TPSA) is 46.6 Å². The monoisotopic (exact) mass is 307 g/mol. The molecule has 1 aromatic carbocycles. The molecule has 0 spiro atoms. The molecule has 0 saturated carbocycles. The Hall–Kier alpha value is -1.49. The van der Waals surface area contributed by atoms with E-state index in [2.05, 4.69) is 0 Å². The Morgan fingerprint density at radius 1 is 1.29 bits per heavy atom. The second kappa shape index (κ2) is 8.08. The fourth-order valence-electron chi connectivity index (χ4n) is 2.53. The van der Waals surface area contributed by atoms with E-state index in [1.165, 1.54) is 7.11 Å². The van der Waals surface area contributed by atoms with Gasteiger partial charge < -0.3 is 9.64 Å². The molecule has 114 valence electrons. The SMILES string of the molecule is COC(=O)C1CCCCN1C(=O)CCSc1ccccc1. The molecule has 0 aliphatic carbocycles. The Balaban J connectivity index is 1.84. The number of esters is 1. The van der Waals surface area contributed by atoms with Crippen LogP contribution in [-0.4, -0.2) is 42.2 Å². The van der Waals surface area contributed by atoms with E-state index < -0.39 is 6.04 Å². The number of ether oxygens (including phenoxy) is 1. The van der Waals surface area contributed by atoms with Crippen molar-refractivity contribution in [3.8, 4) is 0 Å². The van der Waals surface area contributed by atoms with Gasteiger partial charge in [0.1, 0.15) is 6.04 Å². The summed E-state index contributed by atoms with van der Waals surface area (Å²) in [7, 11) is 1.38. The molecule has 1 atom stereocenters. The van der Waals surface area contributed by atoms with Gasteiger partial charge in [-0.3, -0.25) is 4.79 Å².